The van der Waals surface area contributed by atoms with Crippen LogP contribution in [0.4, 0.5) is 0 Å². The van der Waals surface area contributed by atoms with E-state index in [1.165, 1.54) is 154 Å². The first kappa shape index (κ1) is 31.8. The maximum Gasteiger partial charge on any atom is 0.0254 e. The summed E-state index contributed by atoms with van der Waals surface area (Å²) in [5, 5.41) is 8.10. The van der Waals surface area contributed by atoms with Crippen LogP contribution in [0.15, 0.2) is 0 Å². The average Bonchev–Trinajstić information content (AvgIpc) is 3.46. The lowest BCUT2D eigenvalue weighted by Crippen LogP contribution is -2.64. The van der Waals surface area contributed by atoms with Crippen molar-refractivity contribution >= 4 is 0 Å². The fraction of sp³-hybridized carbons (Fsp3) is 1.00. The molecule has 3 heterocycles. The average molecular weight is 633 g/mol. The third-order valence-electron chi connectivity index (χ3n) is 16.9. The molecule has 0 radical (unpaired) electrons. The Kier molecular flexibility index (Phi) is 9.83. The topological polar surface area (TPSA) is 30.5 Å². The minimum atomic E-state index is 0.773. The quantitative estimate of drug-likeness (QED) is 0.318. The summed E-state index contributed by atoms with van der Waals surface area (Å²) >= 11 is 0. The molecular weight excluding hydrogens is 560 g/mol. The smallest absolute Gasteiger partial charge is 0.0254 e. The molecule has 3 saturated heterocycles. The molecule has 46 heavy (non-hydrogen) atoms. The lowest BCUT2D eigenvalue weighted by atomic mass is 9.60. The molecule has 2 N–H and O–H groups in total. The molecule has 6 saturated carbocycles. The van der Waals surface area contributed by atoms with E-state index < -0.39 is 0 Å². The maximum atomic E-state index is 4.08. The summed E-state index contributed by atoms with van der Waals surface area (Å²) in [7, 11) is 0. The van der Waals surface area contributed by atoms with Gasteiger partial charge in [-0.25, -0.2) is 0 Å². The van der Waals surface area contributed by atoms with Gasteiger partial charge in [-0.1, -0.05) is 51.4 Å². The van der Waals surface area contributed by atoms with Crippen LogP contribution in [0.1, 0.15) is 167 Å². The highest BCUT2D eigenvalue weighted by molar-refractivity contribution is 5.09. The first-order valence-corrected chi connectivity index (χ1v) is 21.8. The van der Waals surface area contributed by atoms with Crippen molar-refractivity contribution in [2.75, 3.05) is 13.1 Å². The van der Waals surface area contributed by atoms with Gasteiger partial charge in [0.1, 0.15) is 0 Å². The SMILES string of the molecule is C1CCC(N(C2CCCCC2)C2CCC3C(C2)C2CCCCC2N3C2CCC(C3CCNC4C3CCC3CCCNC34)CC2)CC1. The van der Waals surface area contributed by atoms with E-state index >= 15 is 0 Å². The lowest BCUT2D eigenvalue weighted by Gasteiger charge is -2.54. The zero-order valence-electron chi connectivity index (χ0n) is 29.8. The van der Waals surface area contributed by atoms with Gasteiger partial charge in [-0.05, 0) is 164 Å². The van der Waals surface area contributed by atoms with Crippen molar-refractivity contribution in [3.63, 3.8) is 0 Å². The molecule has 10 unspecified atom stereocenters. The van der Waals surface area contributed by atoms with E-state index in [-0.39, 0.29) is 0 Å². The van der Waals surface area contributed by atoms with Gasteiger partial charge in [0.2, 0.25) is 0 Å². The van der Waals surface area contributed by atoms with E-state index in [1.807, 2.05) is 0 Å². The molecule has 9 fully saturated rings. The van der Waals surface area contributed by atoms with Crippen molar-refractivity contribution in [2.24, 2.45) is 35.5 Å². The number of hydrogen-bond donors (Lipinski definition) is 2. The van der Waals surface area contributed by atoms with Crippen LogP contribution < -0.4 is 10.6 Å². The summed E-state index contributed by atoms with van der Waals surface area (Å²) in [4.78, 5) is 6.58. The van der Waals surface area contributed by atoms with Crippen molar-refractivity contribution in [1.82, 2.24) is 20.4 Å². The van der Waals surface area contributed by atoms with E-state index in [1.54, 1.807) is 25.7 Å². The predicted molar refractivity (Wildman–Crippen MR) is 191 cm³/mol. The Bertz CT molecular complexity index is 962. The normalized spacial score (nSPS) is 47.9. The largest absolute Gasteiger partial charge is 0.312 e. The van der Waals surface area contributed by atoms with E-state index in [2.05, 4.69) is 20.4 Å². The molecule has 4 nitrogen and oxygen atoms in total. The van der Waals surface area contributed by atoms with Gasteiger partial charge in [0.15, 0.2) is 0 Å². The van der Waals surface area contributed by atoms with Gasteiger partial charge in [-0.2, -0.15) is 0 Å². The summed E-state index contributed by atoms with van der Waals surface area (Å²) in [6, 6.07) is 7.09. The summed E-state index contributed by atoms with van der Waals surface area (Å²) in [6.07, 6.45) is 39.4. The molecule has 9 rings (SSSR count). The highest BCUT2D eigenvalue weighted by Crippen LogP contribution is 2.54. The first-order valence-electron chi connectivity index (χ1n) is 21.8. The van der Waals surface area contributed by atoms with Gasteiger partial charge in [-0.3, -0.25) is 9.80 Å². The molecule has 0 bridgehead atoms. The minimum absolute atomic E-state index is 0.773. The standard InChI is InChI=1S/C42H72N4/c1-3-11-31(12-4-1)45(32-13-5-2-6-14-32)34-22-24-40-38(28-34)36-15-7-8-16-39(36)46(40)33-20-17-29(18-21-33)35-25-27-44-42-37(35)23-19-30-10-9-26-43-41(30)42/h29-44H,1-28H2. The van der Waals surface area contributed by atoms with Gasteiger partial charge in [0.05, 0.1) is 0 Å². The van der Waals surface area contributed by atoms with Crippen molar-refractivity contribution in [1.29, 1.82) is 0 Å². The second-order valence-corrected chi connectivity index (χ2v) is 18.8. The van der Waals surface area contributed by atoms with E-state index in [0.717, 1.165) is 83.8 Å². The molecule has 0 aromatic rings. The van der Waals surface area contributed by atoms with Crippen molar-refractivity contribution in [3.05, 3.63) is 0 Å². The van der Waals surface area contributed by atoms with Crippen LogP contribution in [0.25, 0.3) is 0 Å². The number of nitrogens with one attached hydrogen (secondary N) is 2. The Morgan fingerprint density at radius 2 is 1.07 bits per heavy atom. The molecule has 3 aliphatic heterocycles. The monoisotopic (exact) mass is 633 g/mol. The Balaban J connectivity index is 0.877. The van der Waals surface area contributed by atoms with Crippen LogP contribution in [-0.2, 0) is 0 Å². The predicted octanol–water partition coefficient (Wildman–Crippen LogP) is 8.68. The first-order chi connectivity index (χ1) is 22.8. The fourth-order valence-electron chi connectivity index (χ4n) is 15.1. The second-order valence-electron chi connectivity index (χ2n) is 18.8. The second kappa shape index (κ2) is 14.2. The highest BCUT2D eigenvalue weighted by atomic mass is 15.3. The van der Waals surface area contributed by atoms with Crippen LogP contribution in [0.2, 0.25) is 0 Å². The third-order valence-corrected chi connectivity index (χ3v) is 16.9. The number of piperidine rings is 2. The van der Waals surface area contributed by atoms with Crippen molar-refractivity contribution < 1.29 is 0 Å². The zero-order valence-corrected chi connectivity index (χ0v) is 29.8. The van der Waals surface area contributed by atoms with Gasteiger partial charge in [0, 0.05) is 48.3 Å². The summed E-state index contributed by atoms with van der Waals surface area (Å²) in [5.74, 6) is 5.97. The Hall–Kier alpha value is -0.160. The Labute approximate surface area is 283 Å². The zero-order chi connectivity index (χ0) is 30.5. The number of rotatable bonds is 5. The summed E-state index contributed by atoms with van der Waals surface area (Å²) in [5.41, 5.74) is 0. The lowest BCUT2D eigenvalue weighted by molar-refractivity contribution is -0.0130. The van der Waals surface area contributed by atoms with E-state index in [9.17, 15) is 0 Å². The van der Waals surface area contributed by atoms with Gasteiger partial charge in [-0.15, -0.1) is 0 Å². The van der Waals surface area contributed by atoms with Crippen molar-refractivity contribution in [2.45, 2.75) is 215 Å². The van der Waals surface area contributed by atoms with Gasteiger partial charge in [0.25, 0.3) is 0 Å². The van der Waals surface area contributed by atoms with E-state index in [4.69, 9.17) is 0 Å². The number of likely N-dealkylation sites (tertiary alicyclic amines) is 1. The molecule has 9 aliphatic rings. The molecule has 4 heteroatoms. The summed E-state index contributed by atoms with van der Waals surface area (Å²) in [6.45, 7) is 2.55. The Morgan fingerprint density at radius 1 is 0.391 bits per heavy atom. The highest BCUT2D eigenvalue weighted by Gasteiger charge is 2.55. The van der Waals surface area contributed by atoms with Crippen LogP contribution in [0.5, 0.6) is 0 Å². The van der Waals surface area contributed by atoms with Crippen LogP contribution >= 0.6 is 0 Å². The number of fused-ring (bicyclic) bond motifs is 6. The molecule has 0 aromatic carbocycles. The summed E-state index contributed by atoms with van der Waals surface area (Å²) < 4.78 is 0. The third kappa shape index (κ3) is 6.00. The number of nitrogens with zero attached hydrogens (tertiary/aromatic N) is 2. The van der Waals surface area contributed by atoms with Gasteiger partial charge < -0.3 is 10.6 Å². The molecule has 6 aliphatic carbocycles. The fourth-order valence-corrected chi connectivity index (χ4v) is 15.1. The maximum absolute atomic E-state index is 4.08. The van der Waals surface area contributed by atoms with Crippen molar-refractivity contribution in [3.8, 4) is 0 Å². The molecule has 0 amide bonds. The molecule has 10 atom stereocenters. The van der Waals surface area contributed by atoms with Crippen LogP contribution in [0, 0.1) is 35.5 Å². The molecule has 260 valence electrons. The van der Waals surface area contributed by atoms with Crippen LogP contribution in [0.3, 0.4) is 0 Å². The minimum Gasteiger partial charge on any atom is -0.312 e. The molecule has 0 spiro atoms. The Morgan fingerprint density at radius 3 is 1.85 bits per heavy atom. The van der Waals surface area contributed by atoms with Crippen LogP contribution in [-0.4, -0.2) is 71.2 Å². The number of hydrogen-bond acceptors (Lipinski definition) is 4. The molecule has 0 aromatic heterocycles. The van der Waals surface area contributed by atoms with Gasteiger partial charge >= 0.3 is 0 Å². The van der Waals surface area contributed by atoms with E-state index in [0.29, 0.717) is 0 Å². The molecular formula is C42H72N4.